The van der Waals surface area contributed by atoms with Crippen LogP contribution in [-0.2, 0) is 4.79 Å². The van der Waals surface area contributed by atoms with Crippen LogP contribution in [0.1, 0.15) is 30.5 Å². The van der Waals surface area contributed by atoms with Gasteiger partial charge in [-0.3, -0.25) is 4.79 Å². The molecule has 1 heterocycles. The minimum atomic E-state index is -0.185. The third kappa shape index (κ3) is 3.05. The van der Waals surface area contributed by atoms with Crippen LogP contribution in [0.5, 0.6) is 0 Å². The lowest BCUT2D eigenvalue weighted by Gasteiger charge is -2.14. The zero-order chi connectivity index (χ0) is 14.5. The molecule has 0 saturated carbocycles. The molecule has 0 unspecified atom stereocenters. The number of nitrogens with one attached hydrogen (secondary N) is 1. The van der Waals surface area contributed by atoms with E-state index in [2.05, 4.69) is 5.32 Å². The van der Waals surface area contributed by atoms with E-state index in [1.54, 1.807) is 0 Å². The Labute approximate surface area is 120 Å². The largest absolute Gasteiger partial charge is 0.320 e. The fourth-order valence-corrected chi connectivity index (χ4v) is 2.37. The standard InChI is InChI=1S/C17H20N2O/c1-4-15(19-11-6-5-7-12-19)17(20)18-16-13(2)9-8-10-14(16)3/h5-12,15H,4H2,1-3H3/p+1/t15-/m0/s1. The van der Waals surface area contributed by atoms with Crippen molar-refractivity contribution in [3.05, 3.63) is 59.9 Å². The second-order valence-electron chi connectivity index (χ2n) is 5.00. The van der Waals surface area contributed by atoms with Gasteiger partial charge in [0.2, 0.25) is 6.04 Å². The molecule has 1 aromatic carbocycles. The van der Waals surface area contributed by atoms with Gasteiger partial charge in [0, 0.05) is 24.2 Å². The Kier molecular flexibility index (Phi) is 4.51. The van der Waals surface area contributed by atoms with Crippen LogP contribution in [0.25, 0.3) is 0 Å². The molecule has 0 spiro atoms. The first-order chi connectivity index (χ1) is 9.63. The van der Waals surface area contributed by atoms with E-state index in [9.17, 15) is 4.79 Å². The lowest BCUT2D eigenvalue weighted by Crippen LogP contribution is -2.45. The van der Waals surface area contributed by atoms with Crippen LogP contribution in [0.15, 0.2) is 48.8 Å². The third-order valence-electron chi connectivity index (χ3n) is 3.52. The van der Waals surface area contributed by atoms with Gasteiger partial charge in [0.15, 0.2) is 12.4 Å². The van der Waals surface area contributed by atoms with Crippen molar-refractivity contribution in [2.24, 2.45) is 0 Å². The van der Waals surface area contributed by atoms with Crippen molar-refractivity contribution in [1.29, 1.82) is 0 Å². The van der Waals surface area contributed by atoms with Crippen LogP contribution in [0.2, 0.25) is 0 Å². The summed E-state index contributed by atoms with van der Waals surface area (Å²) in [4.78, 5) is 12.5. The number of aryl methyl sites for hydroxylation is 2. The van der Waals surface area contributed by atoms with Gasteiger partial charge in [-0.2, -0.15) is 4.57 Å². The number of carbonyl (C=O) groups is 1. The molecule has 1 N–H and O–H groups in total. The lowest BCUT2D eigenvalue weighted by atomic mass is 10.1. The van der Waals surface area contributed by atoms with Crippen molar-refractivity contribution >= 4 is 11.6 Å². The number of hydrogen-bond acceptors (Lipinski definition) is 1. The number of carbonyl (C=O) groups excluding carboxylic acids is 1. The van der Waals surface area contributed by atoms with E-state index in [1.807, 2.05) is 74.1 Å². The number of pyridine rings is 1. The molecule has 104 valence electrons. The predicted molar refractivity (Wildman–Crippen MR) is 80.5 cm³/mol. The monoisotopic (exact) mass is 269 g/mol. The maximum Gasteiger partial charge on any atom is 0.293 e. The van der Waals surface area contributed by atoms with Gasteiger partial charge >= 0.3 is 0 Å². The van der Waals surface area contributed by atoms with Crippen molar-refractivity contribution < 1.29 is 9.36 Å². The molecule has 0 aliphatic heterocycles. The Balaban J connectivity index is 2.23. The summed E-state index contributed by atoms with van der Waals surface area (Å²) < 4.78 is 1.95. The summed E-state index contributed by atoms with van der Waals surface area (Å²) in [7, 11) is 0. The summed E-state index contributed by atoms with van der Waals surface area (Å²) in [5.74, 6) is 0.0288. The fraction of sp³-hybridized carbons (Fsp3) is 0.294. The SMILES string of the molecule is CC[C@@H](C(=O)Nc1c(C)cccc1C)[n+]1ccccc1. The quantitative estimate of drug-likeness (QED) is 0.850. The number of amides is 1. The summed E-state index contributed by atoms with van der Waals surface area (Å²) in [5.41, 5.74) is 3.10. The molecular formula is C17H21N2O+. The van der Waals surface area contributed by atoms with Crippen LogP contribution in [0.3, 0.4) is 0 Å². The highest BCUT2D eigenvalue weighted by Crippen LogP contribution is 2.20. The zero-order valence-electron chi connectivity index (χ0n) is 12.3. The van der Waals surface area contributed by atoms with Gasteiger partial charge < -0.3 is 5.32 Å². The molecule has 1 aromatic heterocycles. The molecule has 1 amide bonds. The molecular weight excluding hydrogens is 248 g/mol. The fourth-order valence-electron chi connectivity index (χ4n) is 2.37. The summed E-state index contributed by atoms with van der Waals surface area (Å²) >= 11 is 0. The number of anilines is 1. The average molecular weight is 269 g/mol. The van der Waals surface area contributed by atoms with E-state index < -0.39 is 0 Å². The molecule has 0 aliphatic carbocycles. The van der Waals surface area contributed by atoms with Gasteiger partial charge in [0.05, 0.1) is 0 Å². The zero-order valence-corrected chi connectivity index (χ0v) is 12.3. The Bertz CT molecular complexity index is 573. The van der Waals surface area contributed by atoms with E-state index in [0.717, 1.165) is 23.2 Å². The Morgan fingerprint density at radius 1 is 1.10 bits per heavy atom. The first-order valence-corrected chi connectivity index (χ1v) is 6.96. The normalized spacial score (nSPS) is 11.9. The molecule has 2 aromatic rings. The van der Waals surface area contributed by atoms with E-state index in [1.165, 1.54) is 0 Å². The topological polar surface area (TPSA) is 33.0 Å². The van der Waals surface area contributed by atoms with Crippen LogP contribution < -0.4 is 9.88 Å². The third-order valence-corrected chi connectivity index (χ3v) is 3.52. The predicted octanol–water partition coefficient (Wildman–Crippen LogP) is 3.18. The summed E-state index contributed by atoms with van der Waals surface area (Å²) in [6.07, 6.45) is 4.61. The molecule has 3 nitrogen and oxygen atoms in total. The molecule has 20 heavy (non-hydrogen) atoms. The van der Waals surface area contributed by atoms with Gasteiger partial charge in [-0.05, 0) is 25.0 Å². The highest BCUT2D eigenvalue weighted by molar-refractivity contribution is 5.94. The van der Waals surface area contributed by atoms with Crippen molar-refractivity contribution in [2.45, 2.75) is 33.2 Å². The number of benzene rings is 1. The lowest BCUT2D eigenvalue weighted by molar-refractivity contribution is -0.709. The smallest absolute Gasteiger partial charge is 0.293 e. The Morgan fingerprint density at radius 3 is 2.25 bits per heavy atom. The summed E-state index contributed by atoms with van der Waals surface area (Å²) in [5, 5.41) is 3.07. The average Bonchev–Trinajstić information content (AvgIpc) is 2.45. The number of nitrogens with zero attached hydrogens (tertiary/aromatic N) is 1. The number of aromatic nitrogens is 1. The molecule has 0 aliphatic rings. The highest BCUT2D eigenvalue weighted by Gasteiger charge is 2.25. The maximum atomic E-state index is 12.5. The van der Waals surface area contributed by atoms with Crippen molar-refractivity contribution in [2.75, 3.05) is 5.32 Å². The van der Waals surface area contributed by atoms with E-state index in [-0.39, 0.29) is 11.9 Å². The van der Waals surface area contributed by atoms with Crippen molar-refractivity contribution in [3.8, 4) is 0 Å². The van der Waals surface area contributed by atoms with Gasteiger partial charge in [-0.25, -0.2) is 0 Å². The van der Waals surface area contributed by atoms with Crippen LogP contribution in [0.4, 0.5) is 5.69 Å². The van der Waals surface area contributed by atoms with Crippen LogP contribution in [-0.4, -0.2) is 5.91 Å². The molecule has 1 atom stereocenters. The van der Waals surface area contributed by atoms with Crippen LogP contribution >= 0.6 is 0 Å². The minimum absolute atomic E-state index is 0.0288. The van der Waals surface area contributed by atoms with Crippen LogP contribution in [0, 0.1) is 13.8 Å². The summed E-state index contributed by atoms with van der Waals surface area (Å²) in [6, 6.07) is 11.7. The second kappa shape index (κ2) is 6.33. The van der Waals surface area contributed by atoms with Gasteiger partial charge in [0.1, 0.15) is 0 Å². The Hall–Kier alpha value is -2.16. The van der Waals surface area contributed by atoms with Crippen molar-refractivity contribution in [3.63, 3.8) is 0 Å². The number of hydrogen-bond donors (Lipinski definition) is 1. The highest BCUT2D eigenvalue weighted by atomic mass is 16.2. The molecule has 0 saturated heterocycles. The molecule has 0 bridgehead atoms. The minimum Gasteiger partial charge on any atom is -0.320 e. The number of para-hydroxylation sites is 1. The summed E-state index contributed by atoms with van der Waals surface area (Å²) in [6.45, 7) is 6.05. The second-order valence-corrected chi connectivity index (χ2v) is 5.00. The Morgan fingerprint density at radius 2 is 1.70 bits per heavy atom. The molecule has 3 heteroatoms. The van der Waals surface area contributed by atoms with E-state index >= 15 is 0 Å². The first kappa shape index (κ1) is 14.3. The molecule has 2 rings (SSSR count). The van der Waals surface area contributed by atoms with Crippen molar-refractivity contribution in [1.82, 2.24) is 0 Å². The molecule has 0 radical (unpaired) electrons. The molecule has 0 fully saturated rings. The van der Waals surface area contributed by atoms with Gasteiger partial charge in [-0.15, -0.1) is 0 Å². The maximum absolute atomic E-state index is 12.5. The van der Waals surface area contributed by atoms with Gasteiger partial charge in [0.25, 0.3) is 5.91 Å². The van der Waals surface area contributed by atoms with Gasteiger partial charge in [-0.1, -0.05) is 31.2 Å². The first-order valence-electron chi connectivity index (χ1n) is 6.96. The number of rotatable bonds is 4. The van der Waals surface area contributed by atoms with E-state index in [0.29, 0.717) is 0 Å². The van der Waals surface area contributed by atoms with E-state index in [4.69, 9.17) is 0 Å².